The van der Waals surface area contributed by atoms with E-state index in [4.69, 9.17) is 5.73 Å². The Morgan fingerprint density at radius 3 is 2.76 bits per heavy atom. The molecule has 5 heteroatoms. The van der Waals surface area contributed by atoms with Crippen molar-refractivity contribution in [3.63, 3.8) is 0 Å². The van der Waals surface area contributed by atoms with Crippen LogP contribution in [0.3, 0.4) is 0 Å². The van der Waals surface area contributed by atoms with Gasteiger partial charge >= 0.3 is 0 Å². The number of aromatic nitrogens is 2. The Balaban J connectivity index is 2.11. The van der Waals surface area contributed by atoms with Gasteiger partial charge < -0.3 is 10.6 Å². The monoisotopic (exact) mass is 236 g/mol. The van der Waals surface area contributed by atoms with E-state index in [1.807, 2.05) is 11.8 Å². The van der Waals surface area contributed by atoms with Crippen LogP contribution in [0.4, 0.5) is 5.69 Å². The number of rotatable bonds is 5. The van der Waals surface area contributed by atoms with Crippen molar-refractivity contribution in [1.82, 2.24) is 15.1 Å². The molecule has 0 radical (unpaired) electrons. The molecule has 1 aromatic heterocycles. The fraction of sp³-hybridized carbons (Fsp3) is 0.667. The number of amides is 1. The first-order chi connectivity index (χ1) is 8.13. The lowest BCUT2D eigenvalue weighted by atomic mass is 10.2. The topological polar surface area (TPSA) is 75.0 Å². The first-order valence-corrected chi connectivity index (χ1v) is 6.23. The maximum Gasteiger partial charge on any atom is 0.276 e. The summed E-state index contributed by atoms with van der Waals surface area (Å²) >= 11 is 0. The molecule has 1 amide bonds. The van der Waals surface area contributed by atoms with E-state index in [0.29, 0.717) is 17.3 Å². The summed E-state index contributed by atoms with van der Waals surface area (Å²) in [5.41, 5.74) is 7.45. The number of hydrogen-bond acceptors (Lipinski definition) is 3. The Labute approximate surface area is 101 Å². The molecule has 0 spiro atoms. The second kappa shape index (κ2) is 4.77. The molecule has 1 aromatic rings. The third-order valence-electron chi connectivity index (χ3n) is 3.15. The predicted molar refractivity (Wildman–Crippen MR) is 66.7 cm³/mol. The SMILES string of the molecule is CCCN(CC1CC1)C(=O)c1n[nH]c(C)c1N. The molecule has 0 bridgehead atoms. The van der Waals surface area contributed by atoms with Crippen molar-refractivity contribution in [3.8, 4) is 0 Å². The Bertz CT molecular complexity index is 409. The Hall–Kier alpha value is -1.52. The van der Waals surface area contributed by atoms with Crippen LogP contribution in [0.25, 0.3) is 0 Å². The molecule has 1 heterocycles. The number of nitrogen functional groups attached to an aromatic ring is 1. The van der Waals surface area contributed by atoms with Crippen molar-refractivity contribution >= 4 is 11.6 Å². The van der Waals surface area contributed by atoms with Gasteiger partial charge in [0.05, 0.1) is 11.4 Å². The van der Waals surface area contributed by atoms with Crippen molar-refractivity contribution in [2.24, 2.45) is 5.92 Å². The summed E-state index contributed by atoms with van der Waals surface area (Å²) in [6, 6.07) is 0. The molecule has 94 valence electrons. The smallest absolute Gasteiger partial charge is 0.276 e. The Morgan fingerprint density at radius 2 is 2.29 bits per heavy atom. The van der Waals surface area contributed by atoms with Gasteiger partial charge in [-0.2, -0.15) is 5.10 Å². The molecule has 3 N–H and O–H groups in total. The highest BCUT2D eigenvalue weighted by Gasteiger charge is 2.28. The number of carbonyl (C=O) groups excluding carboxylic acids is 1. The van der Waals surface area contributed by atoms with E-state index in [1.54, 1.807) is 0 Å². The average molecular weight is 236 g/mol. The summed E-state index contributed by atoms with van der Waals surface area (Å²) in [5.74, 6) is 0.646. The molecule has 0 saturated heterocycles. The molecule has 1 aliphatic rings. The zero-order valence-electron chi connectivity index (χ0n) is 10.5. The number of nitrogens with one attached hydrogen (secondary N) is 1. The van der Waals surface area contributed by atoms with E-state index in [0.717, 1.165) is 25.2 Å². The highest BCUT2D eigenvalue weighted by atomic mass is 16.2. The number of aryl methyl sites for hydroxylation is 1. The van der Waals surface area contributed by atoms with Gasteiger partial charge in [-0.1, -0.05) is 6.92 Å². The molecule has 0 aromatic carbocycles. The predicted octanol–water partition coefficient (Wildman–Crippen LogP) is 1.56. The summed E-state index contributed by atoms with van der Waals surface area (Å²) < 4.78 is 0. The average Bonchev–Trinajstić information content (AvgIpc) is 3.06. The quantitative estimate of drug-likeness (QED) is 0.814. The third kappa shape index (κ3) is 2.60. The van der Waals surface area contributed by atoms with Crippen LogP contribution in [0.2, 0.25) is 0 Å². The van der Waals surface area contributed by atoms with E-state index in [-0.39, 0.29) is 5.91 Å². The van der Waals surface area contributed by atoms with E-state index in [1.165, 1.54) is 12.8 Å². The second-order valence-electron chi connectivity index (χ2n) is 4.81. The van der Waals surface area contributed by atoms with Gasteiger partial charge in [0.2, 0.25) is 0 Å². The largest absolute Gasteiger partial charge is 0.395 e. The van der Waals surface area contributed by atoms with Crippen molar-refractivity contribution in [2.45, 2.75) is 33.1 Å². The zero-order chi connectivity index (χ0) is 12.4. The lowest BCUT2D eigenvalue weighted by molar-refractivity contribution is 0.0743. The maximum atomic E-state index is 12.3. The summed E-state index contributed by atoms with van der Waals surface area (Å²) in [6.45, 7) is 5.52. The first-order valence-electron chi connectivity index (χ1n) is 6.23. The maximum absolute atomic E-state index is 12.3. The number of carbonyl (C=O) groups is 1. The van der Waals surface area contributed by atoms with Crippen LogP contribution in [0.1, 0.15) is 42.4 Å². The van der Waals surface area contributed by atoms with E-state index >= 15 is 0 Å². The number of nitrogens with zero attached hydrogens (tertiary/aromatic N) is 2. The number of hydrogen-bond donors (Lipinski definition) is 2. The number of H-pyrrole nitrogens is 1. The fourth-order valence-corrected chi connectivity index (χ4v) is 1.91. The summed E-state index contributed by atoms with van der Waals surface area (Å²) in [6.07, 6.45) is 3.44. The standard InChI is InChI=1S/C12H20N4O/c1-3-6-16(7-9-4-5-9)12(17)11-10(13)8(2)14-15-11/h9H,3-7,13H2,1-2H3,(H,14,15). The first kappa shape index (κ1) is 12.0. The number of nitrogens with two attached hydrogens (primary N) is 1. The molecule has 1 saturated carbocycles. The molecule has 0 aliphatic heterocycles. The van der Waals surface area contributed by atoms with E-state index in [9.17, 15) is 4.79 Å². The zero-order valence-corrected chi connectivity index (χ0v) is 10.5. The molecular weight excluding hydrogens is 216 g/mol. The Kier molecular flexibility index (Phi) is 3.36. The highest BCUT2D eigenvalue weighted by Crippen LogP contribution is 2.30. The molecule has 5 nitrogen and oxygen atoms in total. The summed E-state index contributed by atoms with van der Waals surface area (Å²) in [5, 5.41) is 6.77. The van der Waals surface area contributed by atoms with E-state index < -0.39 is 0 Å². The van der Waals surface area contributed by atoms with Crippen molar-refractivity contribution < 1.29 is 4.79 Å². The Morgan fingerprint density at radius 1 is 1.59 bits per heavy atom. The molecule has 1 fully saturated rings. The van der Waals surface area contributed by atoms with Crippen LogP contribution < -0.4 is 5.73 Å². The van der Waals surface area contributed by atoms with Crippen LogP contribution in [0.15, 0.2) is 0 Å². The fourth-order valence-electron chi connectivity index (χ4n) is 1.91. The van der Waals surface area contributed by atoms with Gasteiger partial charge in [-0.15, -0.1) is 0 Å². The van der Waals surface area contributed by atoms with Crippen LogP contribution in [0, 0.1) is 12.8 Å². The summed E-state index contributed by atoms with van der Waals surface area (Å²) in [4.78, 5) is 14.2. The van der Waals surface area contributed by atoms with Gasteiger partial charge in [-0.25, -0.2) is 0 Å². The van der Waals surface area contributed by atoms with E-state index in [2.05, 4.69) is 17.1 Å². The summed E-state index contributed by atoms with van der Waals surface area (Å²) in [7, 11) is 0. The molecular formula is C12H20N4O. The van der Waals surface area contributed by atoms with Gasteiger partial charge in [0.25, 0.3) is 5.91 Å². The van der Waals surface area contributed by atoms with Crippen LogP contribution >= 0.6 is 0 Å². The third-order valence-corrected chi connectivity index (χ3v) is 3.15. The molecule has 2 rings (SSSR count). The minimum absolute atomic E-state index is 0.0411. The minimum atomic E-state index is -0.0411. The molecule has 1 aliphatic carbocycles. The van der Waals surface area contributed by atoms with Crippen LogP contribution in [-0.2, 0) is 0 Å². The van der Waals surface area contributed by atoms with Crippen molar-refractivity contribution in [2.75, 3.05) is 18.8 Å². The minimum Gasteiger partial charge on any atom is -0.395 e. The number of aromatic amines is 1. The van der Waals surface area contributed by atoms with Gasteiger partial charge in [-0.05, 0) is 32.1 Å². The van der Waals surface area contributed by atoms with Gasteiger partial charge in [0.1, 0.15) is 0 Å². The van der Waals surface area contributed by atoms with Crippen molar-refractivity contribution in [3.05, 3.63) is 11.4 Å². The van der Waals surface area contributed by atoms with Gasteiger partial charge in [-0.3, -0.25) is 9.89 Å². The lowest BCUT2D eigenvalue weighted by Gasteiger charge is -2.21. The van der Waals surface area contributed by atoms with Crippen LogP contribution in [0.5, 0.6) is 0 Å². The molecule has 0 unspecified atom stereocenters. The van der Waals surface area contributed by atoms with Gasteiger partial charge in [0, 0.05) is 13.1 Å². The highest BCUT2D eigenvalue weighted by molar-refractivity contribution is 5.97. The second-order valence-corrected chi connectivity index (χ2v) is 4.81. The lowest BCUT2D eigenvalue weighted by Crippen LogP contribution is -2.34. The number of anilines is 1. The van der Waals surface area contributed by atoms with Gasteiger partial charge in [0.15, 0.2) is 5.69 Å². The van der Waals surface area contributed by atoms with Crippen molar-refractivity contribution in [1.29, 1.82) is 0 Å². The van der Waals surface area contributed by atoms with Crippen LogP contribution in [-0.4, -0.2) is 34.1 Å². The normalized spacial score (nSPS) is 14.9. The molecule has 17 heavy (non-hydrogen) atoms. The molecule has 0 atom stereocenters.